The molecule has 2 heterocycles. The summed E-state index contributed by atoms with van der Waals surface area (Å²) in [6, 6.07) is 7.83. The third kappa shape index (κ3) is 2.05. The van der Waals surface area contributed by atoms with E-state index in [1.807, 2.05) is 6.07 Å². The first-order chi connectivity index (χ1) is 6.66. The van der Waals surface area contributed by atoms with Crippen molar-refractivity contribution in [1.82, 2.24) is 0 Å². The zero-order valence-corrected chi connectivity index (χ0v) is 10.6. The molecular formula is C10H8BrClOS. The molecule has 0 saturated heterocycles. The molecule has 0 fully saturated rings. The highest BCUT2D eigenvalue weighted by Gasteiger charge is 2.15. The van der Waals surface area contributed by atoms with E-state index in [4.69, 9.17) is 16.0 Å². The molecule has 74 valence electrons. The summed E-state index contributed by atoms with van der Waals surface area (Å²) in [4.78, 5) is 2.63. The molecule has 14 heavy (non-hydrogen) atoms. The van der Waals surface area contributed by atoms with Crippen molar-refractivity contribution >= 4 is 38.9 Å². The predicted molar refractivity (Wildman–Crippen MR) is 63.5 cm³/mol. The summed E-state index contributed by atoms with van der Waals surface area (Å²) in [7, 11) is 0. The van der Waals surface area contributed by atoms with E-state index < -0.39 is 0 Å². The van der Waals surface area contributed by atoms with Crippen LogP contribution in [-0.4, -0.2) is 0 Å². The molecule has 2 rings (SSSR count). The standard InChI is InChI=1S/C10H8BrClOS/c1-6-2-4-8(14-6)10(11)7-3-5-9(12)13-7/h2-5,10H,1H3. The van der Waals surface area contributed by atoms with Crippen LogP contribution in [0.1, 0.15) is 20.3 Å². The lowest BCUT2D eigenvalue weighted by molar-refractivity contribution is 0.523. The summed E-state index contributed by atoms with van der Waals surface area (Å²) in [5.74, 6) is 0.844. The molecule has 0 amide bonds. The first kappa shape index (κ1) is 10.3. The van der Waals surface area contributed by atoms with Crippen molar-refractivity contribution in [2.45, 2.75) is 11.8 Å². The maximum absolute atomic E-state index is 5.71. The summed E-state index contributed by atoms with van der Waals surface area (Å²) in [6.07, 6.45) is 0. The monoisotopic (exact) mass is 290 g/mol. The molecule has 0 spiro atoms. The van der Waals surface area contributed by atoms with Gasteiger partial charge in [0.25, 0.3) is 0 Å². The highest BCUT2D eigenvalue weighted by molar-refractivity contribution is 9.09. The van der Waals surface area contributed by atoms with E-state index in [2.05, 4.69) is 35.0 Å². The average Bonchev–Trinajstić information content (AvgIpc) is 2.73. The van der Waals surface area contributed by atoms with Gasteiger partial charge in [0, 0.05) is 9.75 Å². The van der Waals surface area contributed by atoms with E-state index in [1.54, 1.807) is 17.4 Å². The predicted octanol–water partition coefficient (Wildman–Crippen LogP) is 4.79. The number of thiophene rings is 1. The maximum Gasteiger partial charge on any atom is 0.193 e. The van der Waals surface area contributed by atoms with Crippen molar-refractivity contribution < 1.29 is 4.42 Å². The number of furan rings is 1. The molecular weight excluding hydrogens is 284 g/mol. The second-order valence-electron chi connectivity index (χ2n) is 2.95. The Labute approximate surface area is 99.8 Å². The molecule has 1 nitrogen and oxygen atoms in total. The van der Waals surface area contributed by atoms with Crippen LogP contribution in [0.5, 0.6) is 0 Å². The maximum atomic E-state index is 5.71. The van der Waals surface area contributed by atoms with Gasteiger partial charge in [0.2, 0.25) is 0 Å². The fourth-order valence-corrected chi connectivity index (χ4v) is 2.89. The fourth-order valence-electron chi connectivity index (χ4n) is 1.19. The summed E-state index contributed by atoms with van der Waals surface area (Å²) in [6.45, 7) is 2.09. The summed E-state index contributed by atoms with van der Waals surface area (Å²) in [5, 5.41) is 0.428. The topological polar surface area (TPSA) is 13.1 Å². The Kier molecular flexibility index (Phi) is 3.00. The van der Waals surface area contributed by atoms with Gasteiger partial charge in [-0.05, 0) is 42.8 Å². The van der Waals surface area contributed by atoms with Crippen LogP contribution in [0.4, 0.5) is 0 Å². The molecule has 0 bridgehead atoms. The first-order valence-corrected chi connectivity index (χ1v) is 6.23. The van der Waals surface area contributed by atoms with E-state index in [0.717, 1.165) is 5.76 Å². The Morgan fingerprint density at radius 1 is 1.36 bits per heavy atom. The van der Waals surface area contributed by atoms with Gasteiger partial charge in [0.15, 0.2) is 5.22 Å². The largest absolute Gasteiger partial charge is 0.448 e. The smallest absolute Gasteiger partial charge is 0.193 e. The van der Waals surface area contributed by atoms with Crippen molar-refractivity contribution in [3.8, 4) is 0 Å². The molecule has 0 aromatic carbocycles. The second-order valence-corrected chi connectivity index (χ2v) is 5.56. The van der Waals surface area contributed by atoms with Crippen molar-refractivity contribution in [3.05, 3.63) is 45.0 Å². The Balaban J connectivity index is 2.28. The van der Waals surface area contributed by atoms with Crippen molar-refractivity contribution in [1.29, 1.82) is 0 Å². The van der Waals surface area contributed by atoms with E-state index in [1.165, 1.54) is 9.75 Å². The van der Waals surface area contributed by atoms with Gasteiger partial charge in [-0.25, -0.2) is 0 Å². The summed E-state index contributed by atoms with van der Waals surface area (Å²) in [5.41, 5.74) is 0. The van der Waals surface area contributed by atoms with Gasteiger partial charge in [-0.1, -0.05) is 15.9 Å². The SMILES string of the molecule is Cc1ccc(C(Br)c2ccc(Cl)o2)s1. The highest BCUT2D eigenvalue weighted by Crippen LogP contribution is 2.36. The van der Waals surface area contributed by atoms with Gasteiger partial charge in [0.1, 0.15) is 10.6 Å². The highest BCUT2D eigenvalue weighted by atomic mass is 79.9. The van der Waals surface area contributed by atoms with Gasteiger partial charge < -0.3 is 4.42 Å². The van der Waals surface area contributed by atoms with Crippen molar-refractivity contribution in [2.24, 2.45) is 0 Å². The fraction of sp³-hybridized carbons (Fsp3) is 0.200. The molecule has 2 aromatic heterocycles. The zero-order chi connectivity index (χ0) is 10.1. The third-order valence-corrected chi connectivity index (χ3v) is 4.37. The Hall–Kier alpha value is -0.250. The lowest BCUT2D eigenvalue weighted by atomic mass is 10.3. The Morgan fingerprint density at radius 2 is 2.14 bits per heavy atom. The minimum atomic E-state index is 0.105. The van der Waals surface area contributed by atoms with Crippen molar-refractivity contribution in [3.63, 3.8) is 0 Å². The summed E-state index contributed by atoms with van der Waals surface area (Å²) >= 11 is 11.0. The normalized spacial score (nSPS) is 13.1. The molecule has 1 unspecified atom stereocenters. The molecule has 4 heteroatoms. The molecule has 0 saturated carbocycles. The average molecular weight is 292 g/mol. The Bertz CT molecular complexity index is 395. The number of hydrogen-bond acceptors (Lipinski definition) is 2. The zero-order valence-electron chi connectivity index (χ0n) is 7.46. The summed E-state index contributed by atoms with van der Waals surface area (Å²) < 4.78 is 5.33. The van der Waals surface area contributed by atoms with Crippen LogP contribution in [-0.2, 0) is 0 Å². The van der Waals surface area contributed by atoms with E-state index >= 15 is 0 Å². The van der Waals surface area contributed by atoms with Crippen LogP contribution in [0.3, 0.4) is 0 Å². The minimum absolute atomic E-state index is 0.105. The number of hydrogen-bond donors (Lipinski definition) is 0. The lowest BCUT2D eigenvalue weighted by Gasteiger charge is -2.02. The second kappa shape index (κ2) is 4.09. The van der Waals surface area contributed by atoms with Gasteiger partial charge in [-0.2, -0.15) is 0 Å². The number of rotatable bonds is 2. The molecule has 1 atom stereocenters. The quantitative estimate of drug-likeness (QED) is 0.725. The Morgan fingerprint density at radius 3 is 2.64 bits per heavy atom. The van der Waals surface area contributed by atoms with Crippen LogP contribution in [0.2, 0.25) is 5.22 Å². The van der Waals surface area contributed by atoms with Crippen LogP contribution < -0.4 is 0 Å². The molecule has 2 aromatic rings. The van der Waals surface area contributed by atoms with Gasteiger partial charge >= 0.3 is 0 Å². The van der Waals surface area contributed by atoms with E-state index in [9.17, 15) is 0 Å². The molecule has 0 aliphatic rings. The molecule has 0 radical (unpaired) electrons. The minimum Gasteiger partial charge on any atom is -0.448 e. The first-order valence-electron chi connectivity index (χ1n) is 4.12. The van der Waals surface area contributed by atoms with Crippen LogP contribution in [0, 0.1) is 6.92 Å². The van der Waals surface area contributed by atoms with Crippen LogP contribution in [0.15, 0.2) is 28.7 Å². The third-order valence-electron chi connectivity index (χ3n) is 1.85. The molecule has 0 N–H and O–H groups in total. The van der Waals surface area contributed by atoms with Crippen molar-refractivity contribution in [2.75, 3.05) is 0 Å². The molecule has 0 aliphatic carbocycles. The number of halogens is 2. The van der Waals surface area contributed by atoms with Crippen LogP contribution in [0.25, 0.3) is 0 Å². The molecule has 0 aliphatic heterocycles. The van der Waals surface area contributed by atoms with Gasteiger partial charge in [-0.15, -0.1) is 11.3 Å². The van der Waals surface area contributed by atoms with Gasteiger partial charge in [-0.3, -0.25) is 0 Å². The van der Waals surface area contributed by atoms with Crippen LogP contribution >= 0.6 is 38.9 Å². The van der Waals surface area contributed by atoms with Gasteiger partial charge in [0.05, 0.1) is 0 Å². The number of aryl methyl sites for hydroxylation is 1. The van der Waals surface area contributed by atoms with E-state index in [-0.39, 0.29) is 4.83 Å². The number of alkyl halides is 1. The van der Waals surface area contributed by atoms with E-state index in [0.29, 0.717) is 5.22 Å². The lowest BCUT2D eigenvalue weighted by Crippen LogP contribution is -1.84.